The lowest BCUT2D eigenvalue weighted by molar-refractivity contribution is -0.141. The zero-order chi connectivity index (χ0) is 27.8. The van der Waals surface area contributed by atoms with Gasteiger partial charge >= 0.3 is 12.3 Å². The van der Waals surface area contributed by atoms with Crippen molar-refractivity contribution in [2.75, 3.05) is 5.32 Å². The average Bonchev–Trinajstić information content (AvgIpc) is 3.36. The number of amides is 2. The van der Waals surface area contributed by atoms with Gasteiger partial charge in [0, 0.05) is 17.4 Å². The number of benzene rings is 2. The number of rotatable bonds is 6. The minimum Gasteiger partial charge on any atom is -0.444 e. The molecule has 2 N–H and O–H groups in total. The van der Waals surface area contributed by atoms with Crippen LogP contribution < -0.4 is 10.6 Å². The van der Waals surface area contributed by atoms with Crippen molar-refractivity contribution in [1.29, 1.82) is 0 Å². The van der Waals surface area contributed by atoms with Gasteiger partial charge in [0.25, 0.3) is 5.91 Å². The normalized spacial score (nSPS) is 17.2. The molecule has 38 heavy (non-hydrogen) atoms. The highest BCUT2D eigenvalue weighted by Crippen LogP contribution is 2.47. The number of ether oxygens (including phenoxy) is 1. The molecule has 1 fully saturated rings. The van der Waals surface area contributed by atoms with Gasteiger partial charge in [-0.15, -0.1) is 0 Å². The molecule has 0 saturated heterocycles. The molecule has 1 heterocycles. The van der Waals surface area contributed by atoms with Crippen molar-refractivity contribution in [1.82, 2.24) is 15.1 Å². The standard InChI is InChI=1S/C26H25BrF4N4O3/c1-25(2,3)38-24(37)32-13-14-5-4-6-16(9-14)35-21(12-22(34-35)26(29,30)31)23(36)33-20-10-15(7-8-19(20)28)17-11-18(17)27/h4-10,12,17-18H,11,13H2,1-3H3,(H,32,37)(H,33,36). The van der Waals surface area contributed by atoms with Gasteiger partial charge in [-0.1, -0.05) is 34.1 Å². The van der Waals surface area contributed by atoms with Crippen LogP contribution in [-0.2, 0) is 17.5 Å². The largest absolute Gasteiger partial charge is 0.444 e. The summed E-state index contributed by atoms with van der Waals surface area (Å²) in [5, 5.41) is 8.56. The number of carbonyl (C=O) groups excluding carboxylic acids is 2. The second kappa shape index (κ2) is 10.4. The number of hydrogen-bond acceptors (Lipinski definition) is 4. The van der Waals surface area contributed by atoms with Crippen molar-refractivity contribution >= 4 is 33.6 Å². The zero-order valence-corrected chi connectivity index (χ0v) is 22.3. The molecule has 202 valence electrons. The van der Waals surface area contributed by atoms with Gasteiger partial charge in [-0.2, -0.15) is 18.3 Å². The van der Waals surface area contributed by atoms with Crippen LogP contribution in [0.5, 0.6) is 0 Å². The van der Waals surface area contributed by atoms with Crippen LogP contribution >= 0.6 is 15.9 Å². The molecule has 1 aliphatic rings. The van der Waals surface area contributed by atoms with Crippen LogP contribution in [0.3, 0.4) is 0 Å². The maximum Gasteiger partial charge on any atom is 0.435 e. The lowest BCUT2D eigenvalue weighted by atomic mass is 10.1. The quantitative estimate of drug-likeness (QED) is 0.249. The number of anilines is 1. The number of nitrogens with zero attached hydrogens (tertiary/aromatic N) is 2. The Bertz CT molecular complexity index is 1370. The van der Waals surface area contributed by atoms with Crippen LogP contribution in [-0.4, -0.2) is 32.2 Å². The van der Waals surface area contributed by atoms with E-state index in [-0.39, 0.29) is 28.7 Å². The number of alkyl carbamates (subject to hydrolysis) is 1. The van der Waals surface area contributed by atoms with Crippen LogP contribution in [0.15, 0.2) is 48.5 Å². The smallest absolute Gasteiger partial charge is 0.435 e. The van der Waals surface area contributed by atoms with E-state index in [9.17, 15) is 27.2 Å². The van der Waals surface area contributed by atoms with Gasteiger partial charge < -0.3 is 15.4 Å². The van der Waals surface area contributed by atoms with E-state index in [4.69, 9.17) is 4.74 Å². The summed E-state index contributed by atoms with van der Waals surface area (Å²) in [4.78, 5) is 25.3. The Balaban J connectivity index is 1.61. The Morgan fingerprint density at radius 2 is 1.84 bits per heavy atom. The molecule has 12 heteroatoms. The van der Waals surface area contributed by atoms with Crippen molar-refractivity contribution in [3.8, 4) is 5.69 Å². The van der Waals surface area contributed by atoms with Crippen LogP contribution in [0, 0.1) is 5.82 Å². The molecular formula is C26H25BrF4N4O3. The van der Waals surface area contributed by atoms with E-state index >= 15 is 0 Å². The van der Waals surface area contributed by atoms with Crippen LogP contribution in [0.25, 0.3) is 5.69 Å². The second-order valence-corrected chi connectivity index (χ2v) is 11.1. The average molecular weight is 597 g/mol. The van der Waals surface area contributed by atoms with Crippen molar-refractivity contribution in [3.63, 3.8) is 0 Å². The van der Waals surface area contributed by atoms with Crippen LogP contribution in [0.2, 0.25) is 0 Å². The van der Waals surface area contributed by atoms with E-state index in [2.05, 4.69) is 31.7 Å². The third-order valence-electron chi connectivity index (χ3n) is 5.60. The third-order valence-corrected chi connectivity index (χ3v) is 6.61. The summed E-state index contributed by atoms with van der Waals surface area (Å²) in [7, 11) is 0. The Hall–Kier alpha value is -3.41. The maximum absolute atomic E-state index is 14.5. The molecule has 1 aliphatic carbocycles. The van der Waals surface area contributed by atoms with Gasteiger partial charge in [0.2, 0.25) is 0 Å². The van der Waals surface area contributed by atoms with E-state index in [1.807, 2.05) is 0 Å². The first-order chi connectivity index (χ1) is 17.7. The summed E-state index contributed by atoms with van der Waals surface area (Å²) < 4.78 is 61.1. The van der Waals surface area contributed by atoms with E-state index in [1.54, 1.807) is 39.0 Å². The van der Waals surface area contributed by atoms with Crippen molar-refractivity contribution in [2.45, 2.75) is 56.3 Å². The van der Waals surface area contributed by atoms with E-state index < -0.39 is 41.0 Å². The Labute approximate surface area is 224 Å². The predicted octanol–water partition coefficient (Wildman–Crippen LogP) is 6.56. The number of hydrogen-bond donors (Lipinski definition) is 2. The predicted molar refractivity (Wildman–Crippen MR) is 136 cm³/mol. The molecular weight excluding hydrogens is 572 g/mol. The molecule has 4 rings (SSSR count). The third kappa shape index (κ3) is 6.72. The Morgan fingerprint density at radius 3 is 2.47 bits per heavy atom. The first kappa shape index (κ1) is 27.6. The van der Waals surface area contributed by atoms with E-state index in [0.29, 0.717) is 11.6 Å². The monoisotopic (exact) mass is 596 g/mol. The van der Waals surface area contributed by atoms with Gasteiger partial charge in [0.1, 0.15) is 17.1 Å². The molecule has 7 nitrogen and oxygen atoms in total. The zero-order valence-electron chi connectivity index (χ0n) is 20.7. The topological polar surface area (TPSA) is 85.2 Å². The molecule has 0 radical (unpaired) electrons. The number of carbonyl (C=O) groups is 2. The van der Waals surface area contributed by atoms with Gasteiger partial charge in [-0.05, 0) is 68.5 Å². The summed E-state index contributed by atoms with van der Waals surface area (Å²) in [5.74, 6) is -1.51. The summed E-state index contributed by atoms with van der Waals surface area (Å²) in [6.07, 6.45) is -4.62. The molecule has 2 atom stereocenters. The van der Waals surface area contributed by atoms with Gasteiger partial charge in [0.05, 0.1) is 11.4 Å². The molecule has 1 aromatic heterocycles. The highest BCUT2D eigenvalue weighted by molar-refractivity contribution is 9.09. The minimum absolute atomic E-state index is 0.0193. The van der Waals surface area contributed by atoms with Crippen LogP contribution in [0.4, 0.5) is 28.0 Å². The second-order valence-electron chi connectivity index (χ2n) is 9.90. The number of aromatic nitrogens is 2. The lowest BCUT2D eigenvalue weighted by Crippen LogP contribution is -2.32. The molecule has 1 saturated carbocycles. The summed E-state index contributed by atoms with van der Waals surface area (Å²) in [5.41, 5.74) is -1.10. The SMILES string of the molecule is CC(C)(C)OC(=O)NCc1cccc(-n2nc(C(F)(F)F)cc2C(=O)Nc2cc(C3CC3Br)ccc2F)c1. The molecule has 0 bridgehead atoms. The highest BCUT2D eigenvalue weighted by Gasteiger charge is 2.37. The fourth-order valence-corrected chi connectivity index (χ4v) is 4.44. The molecule has 0 spiro atoms. The molecule has 3 aromatic rings. The number of halogens is 5. The first-order valence-corrected chi connectivity index (χ1v) is 12.6. The fraction of sp³-hybridized carbons (Fsp3) is 0.346. The van der Waals surface area contributed by atoms with Crippen LogP contribution in [0.1, 0.15) is 60.4 Å². The lowest BCUT2D eigenvalue weighted by Gasteiger charge is -2.19. The summed E-state index contributed by atoms with van der Waals surface area (Å²) in [6.45, 7) is 5.15. The Morgan fingerprint density at radius 1 is 1.13 bits per heavy atom. The molecule has 2 aromatic carbocycles. The van der Waals surface area contributed by atoms with Crippen molar-refractivity contribution < 1.29 is 31.9 Å². The first-order valence-electron chi connectivity index (χ1n) is 11.7. The highest BCUT2D eigenvalue weighted by atomic mass is 79.9. The van der Waals surface area contributed by atoms with Gasteiger partial charge in [0.15, 0.2) is 5.69 Å². The van der Waals surface area contributed by atoms with Gasteiger partial charge in [-0.25, -0.2) is 13.9 Å². The fourth-order valence-electron chi connectivity index (χ4n) is 3.73. The number of nitrogens with one attached hydrogen (secondary N) is 2. The molecule has 0 aliphatic heterocycles. The minimum atomic E-state index is -4.82. The Kier molecular flexibility index (Phi) is 7.55. The molecule has 2 amide bonds. The van der Waals surface area contributed by atoms with Gasteiger partial charge in [-0.3, -0.25) is 4.79 Å². The van der Waals surface area contributed by atoms with Crippen molar-refractivity contribution in [3.05, 3.63) is 76.9 Å². The summed E-state index contributed by atoms with van der Waals surface area (Å²) in [6, 6.07) is 11.0. The molecule has 2 unspecified atom stereocenters. The number of alkyl halides is 4. The van der Waals surface area contributed by atoms with Crippen molar-refractivity contribution in [2.24, 2.45) is 0 Å². The van der Waals surface area contributed by atoms with E-state index in [0.717, 1.165) is 16.7 Å². The maximum atomic E-state index is 14.5. The van der Waals surface area contributed by atoms with E-state index in [1.165, 1.54) is 24.3 Å². The summed E-state index contributed by atoms with van der Waals surface area (Å²) >= 11 is 3.48.